The number of carbonyl (C=O) groups is 1. The molecule has 0 saturated heterocycles. The Hall–Kier alpha value is -1.40. The van der Waals surface area contributed by atoms with E-state index in [-0.39, 0.29) is 18.0 Å². The highest BCUT2D eigenvalue weighted by molar-refractivity contribution is 7.90. The number of unbranched alkanes of at least 4 members (excludes halogenated alkanes) is 2. The molecule has 0 heterocycles. The number of amides is 1. The molecular weight excluding hydrogens is 336 g/mol. The van der Waals surface area contributed by atoms with Crippen LogP contribution in [-0.4, -0.2) is 45.1 Å². The summed E-state index contributed by atoms with van der Waals surface area (Å²) < 4.78 is 23.1. The first kappa shape index (κ1) is 21.6. The van der Waals surface area contributed by atoms with Crippen molar-refractivity contribution in [3.05, 3.63) is 29.8 Å². The molecule has 0 aliphatic carbocycles. The van der Waals surface area contributed by atoms with Gasteiger partial charge in [-0.2, -0.15) is 0 Å². The van der Waals surface area contributed by atoms with Crippen LogP contribution in [0.25, 0.3) is 0 Å². The zero-order chi connectivity index (χ0) is 19.0. The van der Waals surface area contributed by atoms with Crippen molar-refractivity contribution in [2.45, 2.75) is 63.4 Å². The molecule has 1 aromatic carbocycles. The molecule has 0 aromatic heterocycles. The summed E-state index contributed by atoms with van der Waals surface area (Å²) in [6.07, 6.45) is 5.71. The number of sulfone groups is 1. The van der Waals surface area contributed by atoms with Crippen LogP contribution in [0.4, 0.5) is 0 Å². The fourth-order valence-electron chi connectivity index (χ4n) is 2.70. The molecule has 6 heteroatoms. The Balaban J connectivity index is 2.55. The van der Waals surface area contributed by atoms with Gasteiger partial charge in [-0.1, -0.05) is 38.3 Å². The number of nitrogens with zero attached hydrogens (tertiary/aromatic N) is 1. The monoisotopic (exact) mass is 368 g/mol. The molecule has 0 aliphatic rings. The molecule has 142 valence electrons. The van der Waals surface area contributed by atoms with Crippen molar-refractivity contribution in [2.24, 2.45) is 0 Å². The second kappa shape index (κ2) is 9.92. The van der Waals surface area contributed by atoms with E-state index in [1.54, 1.807) is 12.1 Å². The predicted octanol–water partition coefficient (Wildman–Crippen LogP) is 3.17. The van der Waals surface area contributed by atoms with Gasteiger partial charge in [-0.05, 0) is 45.0 Å². The lowest BCUT2D eigenvalue weighted by atomic mass is 10.1. The van der Waals surface area contributed by atoms with E-state index in [1.807, 2.05) is 37.9 Å². The maximum atomic E-state index is 12.2. The van der Waals surface area contributed by atoms with Gasteiger partial charge >= 0.3 is 0 Å². The second-order valence-corrected chi connectivity index (χ2v) is 8.91. The van der Waals surface area contributed by atoms with Crippen molar-refractivity contribution in [1.29, 1.82) is 0 Å². The number of likely N-dealkylation sites (N-methyl/N-ethyl adjacent to an activating group) is 1. The molecule has 2 atom stereocenters. The lowest BCUT2D eigenvalue weighted by Gasteiger charge is -2.25. The normalized spacial score (nSPS) is 14.3. The van der Waals surface area contributed by atoms with Crippen LogP contribution in [0.5, 0.6) is 0 Å². The molecule has 5 nitrogen and oxygen atoms in total. The van der Waals surface area contributed by atoms with E-state index in [4.69, 9.17) is 0 Å². The van der Waals surface area contributed by atoms with E-state index in [9.17, 15) is 13.2 Å². The number of benzene rings is 1. The van der Waals surface area contributed by atoms with E-state index in [0.29, 0.717) is 11.4 Å². The lowest BCUT2D eigenvalue weighted by molar-refractivity contribution is -0.123. The van der Waals surface area contributed by atoms with Gasteiger partial charge in [0.15, 0.2) is 9.84 Å². The van der Waals surface area contributed by atoms with Crippen LogP contribution in [0.2, 0.25) is 0 Å². The predicted molar refractivity (Wildman–Crippen MR) is 102 cm³/mol. The van der Waals surface area contributed by atoms with Gasteiger partial charge in [0, 0.05) is 18.3 Å². The minimum Gasteiger partial charge on any atom is -0.353 e. The van der Waals surface area contributed by atoms with Gasteiger partial charge in [-0.3, -0.25) is 9.69 Å². The molecule has 2 unspecified atom stereocenters. The van der Waals surface area contributed by atoms with E-state index >= 15 is 0 Å². The molecule has 1 N–H and O–H groups in total. The topological polar surface area (TPSA) is 66.5 Å². The number of carbonyl (C=O) groups excluding carboxylic acids is 1. The van der Waals surface area contributed by atoms with Crippen LogP contribution < -0.4 is 5.32 Å². The van der Waals surface area contributed by atoms with Gasteiger partial charge in [0.2, 0.25) is 5.91 Å². The number of rotatable bonds is 10. The van der Waals surface area contributed by atoms with Crippen molar-refractivity contribution in [3.8, 4) is 0 Å². The van der Waals surface area contributed by atoms with E-state index < -0.39 is 9.84 Å². The first-order chi connectivity index (χ1) is 11.6. The maximum Gasteiger partial charge on any atom is 0.234 e. The molecule has 0 fully saturated rings. The summed E-state index contributed by atoms with van der Waals surface area (Å²) in [7, 11) is -1.29. The van der Waals surface area contributed by atoms with E-state index in [1.165, 1.54) is 19.1 Å². The molecule has 1 aromatic rings. The third kappa shape index (κ3) is 7.57. The summed E-state index contributed by atoms with van der Waals surface area (Å²) in [5, 5.41) is 3.05. The highest BCUT2D eigenvalue weighted by Gasteiger charge is 2.17. The van der Waals surface area contributed by atoms with E-state index in [2.05, 4.69) is 12.2 Å². The molecule has 1 amide bonds. The van der Waals surface area contributed by atoms with E-state index in [0.717, 1.165) is 18.4 Å². The van der Waals surface area contributed by atoms with Gasteiger partial charge in [0.05, 0.1) is 11.4 Å². The largest absolute Gasteiger partial charge is 0.353 e. The maximum absolute atomic E-state index is 12.2. The average molecular weight is 369 g/mol. The molecule has 0 bridgehead atoms. The van der Waals surface area contributed by atoms with Gasteiger partial charge in [0.1, 0.15) is 0 Å². The highest BCUT2D eigenvalue weighted by atomic mass is 32.2. The highest BCUT2D eigenvalue weighted by Crippen LogP contribution is 2.20. The molecule has 25 heavy (non-hydrogen) atoms. The van der Waals surface area contributed by atoms with Crippen LogP contribution in [0.3, 0.4) is 0 Å². The molecule has 0 aliphatic heterocycles. The van der Waals surface area contributed by atoms with Crippen molar-refractivity contribution in [1.82, 2.24) is 10.2 Å². The van der Waals surface area contributed by atoms with Gasteiger partial charge in [-0.15, -0.1) is 0 Å². The molecule has 1 rings (SSSR count). The SMILES string of the molecule is CCCCCC(C)NC(=O)CN(C)C(C)c1ccc(S(C)(=O)=O)cc1. The van der Waals surface area contributed by atoms with Crippen molar-refractivity contribution < 1.29 is 13.2 Å². The molecule has 0 radical (unpaired) electrons. The summed E-state index contributed by atoms with van der Waals surface area (Å²) in [6, 6.07) is 7.06. The lowest BCUT2D eigenvalue weighted by Crippen LogP contribution is -2.40. The third-order valence-corrected chi connectivity index (χ3v) is 5.62. The van der Waals surface area contributed by atoms with Crippen LogP contribution in [0.15, 0.2) is 29.2 Å². The van der Waals surface area contributed by atoms with Crippen molar-refractivity contribution in [3.63, 3.8) is 0 Å². The Kier molecular flexibility index (Phi) is 8.59. The van der Waals surface area contributed by atoms with Crippen LogP contribution in [0, 0.1) is 0 Å². The summed E-state index contributed by atoms with van der Waals surface area (Å²) in [5.41, 5.74) is 0.985. The quantitative estimate of drug-likeness (QED) is 0.644. The molecule has 0 spiro atoms. The average Bonchev–Trinajstić information content (AvgIpc) is 2.53. The Morgan fingerprint density at radius 2 is 1.76 bits per heavy atom. The van der Waals surface area contributed by atoms with Crippen LogP contribution in [-0.2, 0) is 14.6 Å². The Morgan fingerprint density at radius 3 is 2.28 bits per heavy atom. The summed E-state index contributed by atoms with van der Waals surface area (Å²) in [6.45, 7) is 6.53. The third-order valence-electron chi connectivity index (χ3n) is 4.49. The van der Waals surface area contributed by atoms with Crippen LogP contribution >= 0.6 is 0 Å². The number of hydrogen-bond donors (Lipinski definition) is 1. The summed E-state index contributed by atoms with van der Waals surface area (Å²) >= 11 is 0. The van der Waals surface area contributed by atoms with Gasteiger partial charge in [-0.25, -0.2) is 8.42 Å². The molecule has 0 saturated carbocycles. The first-order valence-electron chi connectivity index (χ1n) is 8.94. The number of hydrogen-bond acceptors (Lipinski definition) is 4. The van der Waals surface area contributed by atoms with Crippen LogP contribution in [0.1, 0.15) is 58.1 Å². The summed E-state index contributed by atoms with van der Waals surface area (Å²) in [4.78, 5) is 14.5. The zero-order valence-corrected chi connectivity index (χ0v) is 16.9. The minimum atomic E-state index is -3.19. The standard InChI is InChI=1S/C19H32N2O3S/c1-6-7-8-9-15(2)20-19(22)14-21(4)16(3)17-10-12-18(13-11-17)25(5,23)24/h10-13,15-16H,6-9,14H2,1-5H3,(H,20,22). The minimum absolute atomic E-state index is 0.0195. The van der Waals surface area contributed by atoms with Gasteiger partial charge in [0.25, 0.3) is 0 Å². The second-order valence-electron chi connectivity index (χ2n) is 6.90. The smallest absolute Gasteiger partial charge is 0.234 e. The first-order valence-corrected chi connectivity index (χ1v) is 10.8. The Bertz CT molecular complexity index is 641. The fraction of sp³-hybridized carbons (Fsp3) is 0.632. The Labute approximate surface area is 152 Å². The van der Waals surface area contributed by atoms with Crippen molar-refractivity contribution >= 4 is 15.7 Å². The fourth-order valence-corrected chi connectivity index (χ4v) is 3.34. The zero-order valence-electron chi connectivity index (χ0n) is 16.1. The summed E-state index contributed by atoms with van der Waals surface area (Å²) in [5.74, 6) is 0.0195. The van der Waals surface area contributed by atoms with Crippen molar-refractivity contribution in [2.75, 3.05) is 19.8 Å². The molecular formula is C19H32N2O3S. The van der Waals surface area contributed by atoms with Gasteiger partial charge < -0.3 is 5.32 Å². The number of nitrogens with one attached hydrogen (secondary N) is 1. The Morgan fingerprint density at radius 1 is 1.16 bits per heavy atom.